The highest BCUT2D eigenvalue weighted by Crippen LogP contribution is 2.31. The van der Waals surface area contributed by atoms with Gasteiger partial charge in [0.25, 0.3) is 0 Å². The second-order valence-electron chi connectivity index (χ2n) is 6.79. The Hall–Kier alpha value is -1.96. The third-order valence-electron chi connectivity index (χ3n) is 3.57. The topological polar surface area (TPSA) is 64.8 Å². The smallest absolute Gasteiger partial charge is 0.444 e. The molecule has 1 unspecified atom stereocenters. The molecule has 0 aliphatic carbocycles. The zero-order chi connectivity index (χ0) is 18.1. The zero-order valence-electron chi connectivity index (χ0n) is 13.8. The Bertz CT molecular complexity index is 576. The molecular formula is C16H21F3N2O3. The number of carbonyl (C=O) groups is 1. The minimum Gasteiger partial charge on any atom is -0.444 e. The normalized spacial score (nSPS) is 17.2. The fourth-order valence-electron chi connectivity index (χ4n) is 2.38. The van der Waals surface area contributed by atoms with Crippen molar-refractivity contribution in [3.8, 4) is 5.75 Å². The number of alkyl halides is 3. The monoisotopic (exact) mass is 346 g/mol. The van der Waals surface area contributed by atoms with E-state index < -0.39 is 12.0 Å². The van der Waals surface area contributed by atoms with Crippen molar-refractivity contribution >= 4 is 6.09 Å². The van der Waals surface area contributed by atoms with Crippen LogP contribution in [0.3, 0.4) is 0 Å². The van der Waals surface area contributed by atoms with Crippen LogP contribution in [0.2, 0.25) is 0 Å². The molecule has 0 saturated carbocycles. The molecule has 1 amide bonds. The van der Waals surface area contributed by atoms with Gasteiger partial charge < -0.3 is 20.1 Å². The summed E-state index contributed by atoms with van der Waals surface area (Å²) in [6.45, 7) is 6.28. The molecule has 2 rings (SSSR count). The average Bonchev–Trinajstić information content (AvgIpc) is 2.33. The Kier molecular flexibility index (Phi) is 4.98. The highest BCUT2D eigenvalue weighted by molar-refractivity contribution is 5.69. The number of likely N-dealkylation sites (tertiary alicyclic amines) is 1. The van der Waals surface area contributed by atoms with Crippen LogP contribution in [0.1, 0.15) is 32.4 Å². The highest BCUT2D eigenvalue weighted by Gasteiger charge is 2.37. The van der Waals surface area contributed by atoms with Crippen molar-refractivity contribution < 1.29 is 27.4 Å². The summed E-state index contributed by atoms with van der Waals surface area (Å²) < 4.78 is 45.5. The van der Waals surface area contributed by atoms with Gasteiger partial charge in [0.15, 0.2) is 0 Å². The van der Waals surface area contributed by atoms with Gasteiger partial charge in [-0.25, -0.2) is 4.79 Å². The van der Waals surface area contributed by atoms with E-state index in [2.05, 4.69) is 4.74 Å². The van der Waals surface area contributed by atoms with E-state index >= 15 is 0 Å². The van der Waals surface area contributed by atoms with Gasteiger partial charge in [-0.1, -0.05) is 12.1 Å². The highest BCUT2D eigenvalue weighted by atomic mass is 19.4. The molecule has 5 nitrogen and oxygen atoms in total. The molecule has 134 valence electrons. The van der Waals surface area contributed by atoms with Crippen LogP contribution in [0, 0.1) is 5.92 Å². The van der Waals surface area contributed by atoms with Gasteiger partial charge in [0, 0.05) is 25.0 Å². The Morgan fingerprint density at radius 3 is 2.21 bits per heavy atom. The first kappa shape index (κ1) is 18.4. The molecule has 1 atom stereocenters. The van der Waals surface area contributed by atoms with Crippen LogP contribution < -0.4 is 10.5 Å². The fourth-order valence-corrected chi connectivity index (χ4v) is 2.38. The van der Waals surface area contributed by atoms with Crippen LogP contribution in [0.15, 0.2) is 24.3 Å². The predicted octanol–water partition coefficient (Wildman–Crippen LogP) is 3.45. The van der Waals surface area contributed by atoms with E-state index in [1.807, 2.05) is 0 Å². The maximum atomic E-state index is 12.1. The van der Waals surface area contributed by atoms with Gasteiger partial charge in [-0.05, 0) is 38.5 Å². The lowest BCUT2D eigenvalue weighted by Gasteiger charge is -2.42. The Morgan fingerprint density at radius 1 is 1.21 bits per heavy atom. The van der Waals surface area contributed by atoms with Crippen molar-refractivity contribution in [1.29, 1.82) is 0 Å². The molecule has 1 aromatic rings. The van der Waals surface area contributed by atoms with Crippen molar-refractivity contribution in [3.63, 3.8) is 0 Å². The van der Waals surface area contributed by atoms with Crippen molar-refractivity contribution in [2.45, 2.75) is 38.8 Å². The number of hydrogen-bond acceptors (Lipinski definition) is 4. The SMILES string of the molecule is CC(C)(C)OC(=O)N1CC(C(N)c2ccc(OC(F)(F)F)cc2)C1. The number of carbonyl (C=O) groups excluding carboxylic acids is 1. The number of hydrogen-bond donors (Lipinski definition) is 1. The molecule has 1 aliphatic rings. The van der Waals surface area contributed by atoms with E-state index in [1.165, 1.54) is 24.3 Å². The standard InChI is InChI=1S/C16H21F3N2O3/c1-15(2,3)24-14(22)21-8-11(9-21)13(20)10-4-6-12(7-5-10)23-16(17,18)19/h4-7,11,13H,8-9,20H2,1-3H3. The van der Waals surface area contributed by atoms with Gasteiger partial charge in [0.05, 0.1) is 0 Å². The Labute approximate surface area is 138 Å². The summed E-state index contributed by atoms with van der Waals surface area (Å²) in [4.78, 5) is 13.4. The summed E-state index contributed by atoms with van der Waals surface area (Å²) in [5.41, 5.74) is 6.26. The fraction of sp³-hybridized carbons (Fsp3) is 0.562. The number of amides is 1. The third kappa shape index (κ3) is 5.02. The van der Waals surface area contributed by atoms with Crippen molar-refractivity contribution in [2.75, 3.05) is 13.1 Å². The first-order valence-electron chi connectivity index (χ1n) is 7.54. The molecule has 1 heterocycles. The summed E-state index contributed by atoms with van der Waals surface area (Å²) in [6.07, 6.45) is -5.11. The first-order valence-corrected chi connectivity index (χ1v) is 7.54. The van der Waals surface area contributed by atoms with E-state index in [0.717, 1.165) is 0 Å². The quantitative estimate of drug-likeness (QED) is 0.910. The van der Waals surface area contributed by atoms with Gasteiger partial charge in [0.2, 0.25) is 0 Å². The molecule has 0 spiro atoms. The third-order valence-corrected chi connectivity index (χ3v) is 3.57. The Balaban J connectivity index is 1.88. The van der Waals surface area contributed by atoms with Gasteiger partial charge in [-0.15, -0.1) is 13.2 Å². The lowest BCUT2D eigenvalue weighted by atomic mass is 9.88. The lowest BCUT2D eigenvalue weighted by Crippen LogP contribution is -2.54. The number of nitrogens with zero attached hydrogens (tertiary/aromatic N) is 1. The molecule has 0 bridgehead atoms. The first-order chi connectivity index (χ1) is 10.9. The molecule has 0 radical (unpaired) electrons. The van der Waals surface area contributed by atoms with E-state index in [-0.39, 0.29) is 23.8 Å². The van der Waals surface area contributed by atoms with Gasteiger partial charge in [-0.2, -0.15) is 0 Å². The van der Waals surface area contributed by atoms with Crippen molar-refractivity contribution in [1.82, 2.24) is 4.90 Å². The maximum absolute atomic E-state index is 12.1. The van der Waals surface area contributed by atoms with E-state index in [9.17, 15) is 18.0 Å². The van der Waals surface area contributed by atoms with Crippen LogP contribution in [0.25, 0.3) is 0 Å². The van der Waals surface area contributed by atoms with Crippen LogP contribution >= 0.6 is 0 Å². The predicted molar refractivity (Wildman–Crippen MR) is 81.4 cm³/mol. The van der Waals surface area contributed by atoms with Gasteiger partial charge >= 0.3 is 12.5 Å². The molecule has 24 heavy (non-hydrogen) atoms. The Morgan fingerprint density at radius 2 is 1.75 bits per heavy atom. The number of halogens is 3. The lowest BCUT2D eigenvalue weighted by molar-refractivity contribution is -0.274. The van der Waals surface area contributed by atoms with Gasteiger partial charge in [-0.3, -0.25) is 0 Å². The summed E-state index contributed by atoms with van der Waals surface area (Å²) in [5.74, 6) is -0.255. The molecule has 8 heteroatoms. The second-order valence-corrected chi connectivity index (χ2v) is 6.79. The summed E-state index contributed by atoms with van der Waals surface area (Å²) >= 11 is 0. The number of rotatable bonds is 3. The zero-order valence-corrected chi connectivity index (χ0v) is 13.8. The van der Waals surface area contributed by atoms with Crippen LogP contribution in [-0.2, 0) is 4.74 Å². The number of benzene rings is 1. The molecule has 1 fully saturated rings. The van der Waals surface area contributed by atoms with E-state index in [0.29, 0.717) is 18.7 Å². The van der Waals surface area contributed by atoms with E-state index in [1.54, 1.807) is 25.7 Å². The minimum atomic E-state index is -4.72. The molecule has 0 aromatic heterocycles. The number of ether oxygens (including phenoxy) is 2. The molecule has 1 saturated heterocycles. The largest absolute Gasteiger partial charge is 0.573 e. The van der Waals surface area contributed by atoms with E-state index in [4.69, 9.17) is 10.5 Å². The van der Waals surface area contributed by atoms with Crippen LogP contribution in [-0.4, -0.2) is 36.0 Å². The summed E-state index contributed by atoms with van der Waals surface area (Å²) in [7, 11) is 0. The number of nitrogens with two attached hydrogens (primary N) is 1. The minimum absolute atomic E-state index is 0.0342. The van der Waals surface area contributed by atoms with Crippen LogP contribution in [0.4, 0.5) is 18.0 Å². The average molecular weight is 346 g/mol. The van der Waals surface area contributed by atoms with Crippen molar-refractivity contribution in [3.05, 3.63) is 29.8 Å². The molecule has 1 aliphatic heterocycles. The van der Waals surface area contributed by atoms with Crippen molar-refractivity contribution in [2.24, 2.45) is 11.7 Å². The molecular weight excluding hydrogens is 325 g/mol. The molecule has 1 aromatic carbocycles. The second kappa shape index (κ2) is 6.51. The summed E-state index contributed by atoms with van der Waals surface area (Å²) in [5, 5.41) is 0. The van der Waals surface area contributed by atoms with Crippen LogP contribution in [0.5, 0.6) is 5.75 Å². The maximum Gasteiger partial charge on any atom is 0.573 e. The molecule has 2 N–H and O–H groups in total. The van der Waals surface area contributed by atoms with Gasteiger partial charge in [0.1, 0.15) is 11.4 Å². The summed E-state index contributed by atoms with van der Waals surface area (Å²) in [6, 6.07) is 5.09.